The molecule has 0 aliphatic rings. The van der Waals surface area contributed by atoms with Gasteiger partial charge in [0.25, 0.3) is 5.56 Å². The average molecular weight is 521 g/mol. The van der Waals surface area contributed by atoms with Gasteiger partial charge in [-0.2, -0.15) is 4.31 Å². The highest BCUT2D eigenvalue weighted by Gasteiger charge is 2.27. The lowest BCUT2D eigenvalue weighted by Crippen LogP contribution is -2.32. The topological polar surface area (TPSA) is 106 Å². The van der Waals surface area contributed by atoms with Crippen LogP contribution in [0, 0.1) is 6.92 Å². The Bertz CT molecular complexity index is 1590. The van der Waals surface area contributed by atoms with Gasteiger partial charge in [-0.05, 0) is 72.8 Å². The van der Waals surface area contributed by atoms with Crippen LogP contribution in [0.5, 0.6) is 5.75 Å². The Hall–Kier alpha value is -3.95. The van der Waals surface area contributed by atoms with Gasteiger partial charge in [0.1, 0.15) is 5.75 Å². The van der Waals surface area contributed by atoms with E-state index in [0.29, 0.717) is 22.4 Å². The van der Waals surface area contributed by atoms with E-state index in [0.717, 1.165) is 10.9 Å². The van der Waals surface area contributed by atoms with Crippen molar-refractivity contribution in [2.24, 2.45) is 0 Å². The molecule has 0 aliphatic carbocycles. The minimum atomic E-state index is -4.12. The highest BCUT2D eigenvalue weighted by molar-refractivity contribution is 7.89. The van der Waals surface area contributed by atoms with Crippen LogP contribution >= 0.6 is 0 Å². The van der Waals surface area contributed by atoms with Gasteiger partial charge in [0.2, 0.25) is 10.0 Å². The van der Waals surface area contributed by atoms with Gasteiger partial charge in [-0.15, -0.1) is 0 Å². The number of methoxy groups -OCH3 is 1. The van der Waals surface area contributed by atoms with E-state index in [9.17, 15) is 18.0 Å². The summed E-state index contributed by atoms with van der Waals surface area (Å²) >= 11 is 0. The summed E-state index contributed by atoms with van der Waals surface area (Å²) in [5.74, 6) is 0.0316. The highest BCUT2D eigenvalue weighted by atomic mass is 32.2. The number of aromatic nitrogens is 1. The zero-order valence-electron chi connectivity index (χ0n) is 20.9. The van der Waals surface area contributed by atoms with Gasteiger partial charge >= 0.3 is 5.97 Å². The van der Waals surface area contributed by atoms with E-state index in [1.54, 1.807) is 44.4 Å². The first-order chi connectivity index (χ1) is 17.7. The molecule has 0 aliphatic heterocycles. The number of H-pyrrole nitrogens is 1. The molecule has 4 aromatic rings. The Morgan fingerprint density at radius 3 is 2.43 bits per heavy atom. The smallest absolute Gasteiger partial charge is 0.338 e. The minimum Gasteiger partial charge on any atom is -0.497 e. The van der Waals surface area contributed by atoms with Gasteiger partial charge in [-0.3, -0.25) is 4.79 Å². The second-order valence-electron chi connectivity index (χ2n) is 8.58. The largest absolute Gasteiger partial charge is 0.497 e. The summed E-state index contributed by atoms with van der Waals surface area (Å²) in [5.41, 5.74) is 2.45. The van der Waals surface area contributed by atoms with Crippen molar-refractivity contribution in [2.45, 2.75) is 31.8 Å². The highest BCUT2D eigenvalue weighted by Crippen LogP contribution is 2.24. The molecule has 8 nitrogen and oxygen atoms in total. The number of carbonyl (C=O) groups excluding carboxylic acids is 1. The van der Waals surface area contributed by atoms with Crippen molar-refractivity contribution in [3.05, 3.63) is 105 Å². The molecule has 0 radical (unpaired) electrons. The van der Waals surface area contributed by atoms with Gasteiger partial charge in [-0.25, -0.2) is 13.2 Å². The molecule has 1 N–H and O–H groups in total. The van der Waals surface area contributed by atoms with Crippen LogP contribution in [0.1, 0.15) is 34.0 Å². The number of aromatic amines is 1. The Morgan fingerprint density at radius 2 is 1.73 bits per heavy atom. The standard InChI is InChI=1S/C28H28N2O6S/c1-4-36-28(32)22-6-5-7-25(16-22)37(33,34)30(17-20-9-12-24(35-3)13-10-20)18-23-15-21-11-8-19(2)14-26(21)29-27(23)31/h5-16H,4,17-18H2,1-3H3,(H,29,31). The van der Waals surface area contributed by atoms with E-state index in [1.807, 2.05) is 25.1 Å². The zero-order valence-corrected chi connectivity index (χ0v) is 21.7. The average Bonchev–Trinajstić information content (AvgIpc) is 2.89. The first kappa shape index (κ1) is 26.1. The van der Waals surface area contributed by atoms with E-state index in [4.69, 9.17) is 9.47 Å². The van der Waals surface area contributed by atoms with Crippen LogP contribution in [-0.4, -0.2) is 37.4 Å². The number of esters is 1. The van der Waals surface area contributed by atoms with Crippen molar-refractivity contribution in [1.82, 2.24) is 9.29 Å². The Balaban J connectivity index is 1.76. The molecule has 37 heavy (non-hydrogen) atoms. The third-order valence-electron chi connectivity index (χ3n) is 5.93. The van der Waals surface area contributed by atoms with Crippen LogP contribution < -0.4 is 10.3 Å². The molecule has 1 aromatic heterocycles. The Morgan fingerprint density at radius 1 is 0.973 bits per heavy atom. The molecule has 0 fully saturated rings. The van der Waals surface area contributed by atoms with E-state index >= 15 is 0 Å². The van der Waals surface area contributed by atoms with Crippen LogP contribution in [0.4, 0.5) is 0 Å². The molecular weight excluding hydrogens is 492 g/mol. The molecule has 0 atom stereocenters. The first-order valence-corrected chi connectivity index (χ1v) is 13.2. The Labute approximate surface area is 215 Å². The summed E-state index contributed by atoms with van der Waals surface area (Å²) in [6, 6.07) is 20.1. The molecule has 0 saturated carbocycles. The van der Waals surface area contributed by atoms with Gasteiger partial charge in [0, 0.05) is 24.2 Å². The lowest BCUT2D eigenvalue weighted by molar-refractivity contribution is 0.0526. The second kappa shape index (κ2) is 11.0. The summed E-state index contributed by atoms with van der Waals surface area (Å²) in [6.45, 7) is 3.61. The number of aryl methyl sites for hydroxylation is 1. The van der Waals surface area contributed by atoms with Crippen LogP contribution in [0.2, 0.25) is 0 Å². The summed E-state index contributed by atoms with van der Waals surface area (Å²) in [4.78, 5) is 28.0. The molecule has 3 aromatic carbocycles. The molecule has 192 valence electrons. The number of sulfonamides is 1. The monoisotopic (exact) mass is 520 g/mol. The number of hydrogen-bond donors (Lipinski definition) is 1. The normalized spacial score (nSPS) is 11.6. The lowest BCUT2D eigenvalue weighted by atomic mass is 10.1. The SMILES string of the molecule is CCOC(=O)c1cccc(S(=O)(=O)N(Cc2ccc(OC)cc2)Cc2cc3ccc(C)cc3[nH]c2=O)c1. The number of pyridine rings is 1. The van der Waals surface area contributed by atoms with Crippen LogP contribution in [-0.2, 0) is 27.8 Å². The van der Waals surface area contributed by atoms with Crippen molar-refractivity contribution in [1.29, 1.82) is 0 Å². The Kier molecular flexibility index (Phi) is 7.75. The molecule has 0 amide bonds. The summed E-state index contributed by atoms with van der Waals surface area (Å²) in [7, 11) is -2.57. The van der Waals surface area contributed by atoms with E-state index in [-0.39, 0.29) is 35.7 Å². The van der Waals surface area contributed by atoms with Gasteiger partial charge in [-0.1, -0.05) is 30.3 Å². The fourth-order valence-corrected chi connectivity index (χ4v) is 5.43. The van der Waals surface area contributed by atoms with Crippen LogP contribution in [0.25, 0.3) is 10.9 Å². The third kappa shape index (κ3) is 5.90. The van der Waals surface area contributed by atoms with E-state index in [2.05, 4.69) is 4.98 Å². The number of benzene rings is 3. The predicted octanol–water partition coefficient (Wildman–Crippen LogP) is 4.41. The molecule has 0 unspecified atom stereocenters. The van der Waals surface area contributed by atoms with E-state index < -0.39 is 16.0 Å². The van der Waals surface area contributed by atoms with Gasteiger partial charge in [0.15, 0.2) is 0 Å². The molecule has 4 rings (SSSR count). The maximum Gasteiger partial charge on any atom is 0.338 e. The van der Waals surface area contributed by atoms with Crippen molar-refractivity contribution in [2.75, 3.05) is 13.7 Å². The summed E-state index contributed by atoms with van der Waals surface area (Å²) < 4.78 is 39.2. The maximum absolute atomic E-state index is 13.9. The molecular formula is C28H28N2O6S. The van der Waals surface area contributed by atoms with Gasteiger partial charge < -0.3 is 14.5 Å². The zero-order chi connectivity index (χ0) is 26.6. The van der Waals surface area contributed by atoms with Crippen molar-refractivity contribution < 1.29 is 22.7 Å². The maximum atomic E-state index is 13.9. The fraction of sp³-hybridized carbons (Fsp3) is 0.214. The number of ether oxygens (including phenoxy) is 2. The van der Waals surface area contributed by atoms with Crippen molar-refractivity contribution >= 4 is 26.9 Å². The number of rotatable bonds is 9. The van der Waals surface area contributed by atoms with Crippen molar-refractivity contribution in [3.63, 3.8) is 0 Å². The summed E-state index contributed by atoms with van der Waals surface area (Å²) in [6.07, 6.45) is 0. The van der Waals surface area contributed by atoms with Crippen LogP contribution in [0.3, 0.4) is 0 Å². The number of carbonyl (C=O) groups is 1. The van der Waals surface area contributed by atoms with Crippen LogP contribution in [0.15, 0.2) is 82.5 Å². The minimum absolute atomic E-state index is 0.00133. The predicted molar refractivity (Wildman–Crippen MR) is 141 cm³/mol. The molecule has 9 heteroatoms. The third-order valence-corrected chi connectivity index (χ3v) is 7.71. The van der Waals surface area contributed by atoms with Gasteiger partial charge in [0.05, 0.1) is 24.2 Å². The number of nitrogens with zero attached hydrogens (tertiary/aromatic N) is 1. The fourth-order valence-electron chi connectivity index (χ4n) is 3.97. The molecule has 1 heterocycles. The first-order valence-electron chi connectivity index (χ1n) is 11.7. The lowest BCUT2D eigenvalue weighted by Gasteiger charge is -2.23. The number of fused-ring (bicyclic) bond motifs is 1. The molecule has 0 bridgehead atoms. The summed E-state index contributed by atoms with van der Waals surface area (Å²) in [5, 5.41) is 0.798. The molecule has 0 saturated heterocycles. The number of hydrogen-bond acceptors (Lipinski definition) is 6. The quantitative estimate of drug-likeness (QED) is 0.328. The van der Waals surface area contributed by atoms with Crippen molar-refractivity contribution in [3.8, 4) is 5.75 Å². The van der Waals surface area contributed by atoms with E-state index in [1.165, 1.54) is 28.6 Å². The molecule has 0 spiro atoms. The number of nitrogens with one attached hydrogen (secondary N) is 1. The second-order valence-corrected chi connectivity index (χ2v) is 10.5.